The van der Waals surface area contributed by atoms with E-state index >= 15 is 0 Å². The van der Waals surface area contributed by atoms with Crippen LogP contribution in [0.4, 0.5) is 4.39 Å². The summed E-state index contributed by atoms with van der Waals surface area (Å²) in [6.07, 6.45) is 2.60. The Hall–Kier alpha value is -0.710. The van der Waals surface area contributed by atoms with Crippen molar-refractivity contribution >= 4 is 16.9 Å². The molecule has 0 aliphatic carbocycles. The van der Waals surface area contributed by atoms with Crippen LogP contribution >= 0.6 is 11.8 Å². The summed E-state index contributed by atoms with van der Waals surface area (Å²) in [5, 5.41) is 0.288. The summed E-state index contributed by atoms with van der Waals surface area (Å²) in [7, 11) is 0. The minimum atomic E-state index is -0.841. The first kappa shape index (κ1) is 8.29. The lowest BCUT2D eigenvalue weighted by Crippen LogP contribution is -2.04. The molecular formula is C4H8FN3S. The normalized spacial score (nSPS) is 14.0. The van der Waals surface area contributed by atoms with Crippen LogP contribution in [0, 0.1) is 0 Å². The number of thioether (sulfide) groups is 1. The summed E-state index contributed by atoms with van der Waals surface area (Å²) in [4.78, 5) is 3.44. The molecule has 0 saturated carbocycles. The van der Waals surface area contributed by atoms with E-state index in [-0.39, 0.29) is 5.17 Å². The van der Waals surface area contributed by atoms with Gasteiger partial charge in [-0.25, -0.2) is 4.99 Å². The Morgan fingerprint density at radius 3 is 2.56 bits per heavy atom. The highest BCUT2D eigenvalue weighted by Gasteiger charge is 1.83. The quantitative estimate of drug-likeness (QED) is 0.322. The predicted octanol–water partition coefficient (Wildman–Crippen LogP) is 0.391. The van der Waals surface area contributed by atoms with Gasteiger partial charge in [-0.15, -0.1) is 0 Å². The minimum Gasteiger partial charge on any atom is -0.378 e. The molecule has 0 saturated heterocycles. The fourth-order valence-electron chi connectivity index (χ4n) is 0.178. The van der Waals surface area contributed by atoms with E-state index in [2.05, 4.69) is 10.7 Å². The number of hydrogen-bond acceptors (Lipinski definition) is 3. The lowest BCUT2D eigenvalue weighted by Gasteiger charge is -1.87. The second-order valence-corrected chi connectivity index (χ2v) is 2.01. The Kier molecular flexibility index (Phi) is 3.87. The SMILES string of the molecule is CSC(N)=N/C=C(\N)F. The largest absolute Gasteiger partial charge is 0.378 e. The number of amidine groups is 1. The van der Waals surface area contributed by atoms with Crippen molar-refractivity contribution in [3.63, 3.8) is 0 Å². The highest BCUT2D eigenvalue weighted by Crippen LogP contribution is 1.92. The standard InChI is InChI=1S/C4H8FN3S/c1-9-4(7)8-2-3(5)6/h2H,6H2,1H3,(H2,7,8)/b3-2-. The molecule has 3 nitrogen and oxygen atoms in total. The molecule has 9 heavy (non-hydrogen) atoms. The van der Waals surface area contributed by atoms with E-state index in [1.165, 1.54) is 11.8 Å². The molecule has 0 spiro atoms. The van der Waals surface area contributed by atoms with Crippen LogP contribution < -0.4 is 11.5 Å². The summed E-state index contributed by atoms with van der Waals surface area (Å²) in [6.45, 7) is 0. The van der Waals surface area contributed by atoms with Gasteiger partial charge in [-0.2, -0.15) is 4.39 Å². The van der Waals surface area contributed by atoms with Crippen LogP contribution in [0.1, 0.15) is 0 Å². The minimum absolute atomic E-state index is 0.288. The van der Waals surface area contributed by atoms with Crippen molar-refractivity contribution < 1.29 is 4.39 Å². The smallest absolute Gasteiger partial charge is 0.203 e. The van der Waals surface area contributed by atoms with Crippen molar-refractivity contribution in [3.8, 4) is 0 Å². The van der Waals surface area contributed by atoms with Gasteiger partial charge >= 0.3 is 0 Å². The number of aliphatic imine (C=N–C) groups is 1. The number of nitrogens with two attached hydrogens (primary N) is 2. The van der Waals surface area contributed by atoms with Crippen LogP contribution in [0.15, 0.2) is 17.1 Å². The zero-order chi connectivity index (χ0) is 7.28. The van der Waals surface area contributed by atoms with Crippen molar-refractivity contribution in [3.05, 3.63) is 12.2 Å². The first-order valence-corrected chi connectivity index (χ1v) is 3.37. The highest BCUT2D eigenvalue weighted by molar-refractivity contribution is 8.13. The third kappa shape index (κ3) is 5.16. The number of halogens is 1. The third-order valence-electron chi connectivity index (χ3n) is 0.524. The molecule has 0 aromatic heterocycles. The van der Waals surface area contributed by atoms with Gasteiger partial charge < -0.3 is 11.5 Å². The van der Waals surface area contributed by atoms with E-state index in [1.54, 1.807) is 6.26 Å². The molecule has 0 aromatic carbocycles. The number of hydrogen-bond donors (Lipinski definition) is 2. The monoisotopic (exact) mass is 149 g/mol. The lowest BCUT2D eigenvalue weighted by atomic mass is 10.9. The van der Waals surface area contributed by atoms with Crippen LogP contribution in [0.25, 0.3) is 0 Å². The molecule has 0 aromatic rings. The predicted molar refractivity (Wildman–Crippen MR) is 38.5 cm³/mol. The molecule has 0 bridgehead atoms. The van der Waals surface area contributed by atoms with E-state index in [1.807, 2.05) is 0 Å². The zero-order valence-corrected chi connectivity index (χ0v) is 5.78. The van der Waals surface area contributed by atoms with Gasteiger partial charge in [-0.3, -0.25) is 0 Å². The van der Waals surface area contributed by atoms with Crippen molar-refractivity contribution in [2.75, 3.05) is 6.26 Å². The molecule has 52 valence electrons. The summed E-state index contributed by atoms with van der Waals surface area (Å²) in [5.41, 5.74) is 9.79. The van der Waals surface area contributed by atoms with E-state index in [9.17, 15) is 4.39 Å². The number of nitrogens with zero attached hydrogens (tertiary/aromatic N) is 1. The molecule has 0 rings (SSSR count). The maximum atomic E-state index is 11.7. The van der Waals surface area contributed by atoms with E-state index < -0.39 is 5.95 Å². The molecule has 0 aliphatic heterocycles. The average molecular weight is 149 g/mol. The maximum Gasteiger partial charge on any atom is 0.203 e. The van der Waals surface area contributed by atoms with Crippen molar-refractivity contribution in [2.45, 2.75) is 0 Å². The Balaban J connectivity index is 3.83. The Morgan fingerprint density at radius 2 is 2.22 bits per heavy atom. The molecule has 0 fully saturated rings. The number of rotatable bonds is 1. The van der Waals surface area contributed by atoms with Gasteiger partial charge in [0.25, 0.3) is 0 Å². The lowest BCUT2D eigenvalue weighted by molar-refractivity contribution is 0.624. The van der Waals surface area contributed by atoms with Gasteiger partial charge in [0.1, 0.15) is 0 Å². The van der Waals surface area contributed by atoms with Crippen molar-refractivity contribution in [1.82, 2.24) is 0 Å². The third-order valence-corrected chi connectivity index (χ3v) is 1.05. The van der Waals surface area contributed by atoms with Crippen LogP contribution in [0.2, 0.25) is 0 Å². The zero-order valence-electron chi connectivity index (χ0n) is 4.97. The Bertz CT molecular complexity index is 139. The van der Waals surface area contributed by atoms with Crippen LogP contribution in [0.3, 0.4) is 0 Å². The van der Waals surface area contributed by atoms with E-state index in [0.29, 0.717) is 0 Å². The topological polar surface area (TPSA) is 64.4 Å². The summed E-state index contributed by atoms with van der Waals surface area (Å²) < 4.78 is 11.7. The molecule has 0 amide bonds. The molecule has 4 N–H and O–H groups in total. The second-order valence-electron chi connectivity index (χ2n) is 1.19. The molecule has 0 aliphatic rings. The van der Waals surface area contributed by atoms with Gasteiger partial charge in [-0.1, -0.05) is 11.8 Å². The molecule has 0 heterocycles. The van der Waals surface area contributed by atoms with Crippen LogP contribution in [-0.4, -0.2) is 11.4 Å². The van der Waals surface area contributed by atoms with Gasteiger partial charge in [0.05, 0.1) is 6.20 Å². The first-order chi connectivity index (χ1) is 4.16. The molecule has 0 atom stereocenters. The average Bonchev–Trinajstić information content (AvgIpc) is 1.83. The fourth-order valence-corrected chi connectivity index (χ4v) is 0.336. The van der Waals surface area contributed by atoms with Gasteiger partial charge in [0, 0.05) is 0 Å². The van der Waals surface area contributed by atoms with Crippen LogP contribution in [-0.2, 0) is 0 Å². The van der Waals surface area contributed by atoms with Crippen LogP contribution in [0.5, 0.6) is 0 Å². The highest BCUT2D eigenvalue weighted by atomic mass is 32.2. The second kappa shape index (κ2) is 4.20. The Morgan fingerprint density at radius 1 is 1.67 bits per heavy atom. The molecule has 0 unspecified atom stereocenters. The van der Waals surface area contributed by atoms with E-state index in [0.717, 1.165) is 6.20 Å². The van der Waals surface area contributed by atoms with E-state index in [4.69, 9.17) is 5.73 Å². The molecular weight excluding hydrogens is 141 g/mol. The summed E-state index contributed by atoms with van der Waals surface area (Å²) >= 11 is 1.23. The van der Waals surface area contributed by atoms with Gasteiger partial charge in [-0.05, 0) is 6.26 Å². The molecule has 0 radical (unpaired) electrons. The van der Waals surface area contributed by atoms with Gasteiger partial charge in [0.2, 0.25) is 5.95 Å². The molecule has 5 heteroatoms. The Labute approximate surface area is 57.0 Å². The van der Waals surface area contributed by atoms with Gasteiger partial charge in [0.15, 0.2) is 5.17 Å². The maximum absolute atomic E-state index is 11.7. The fraction of sp³-hybridized carbons (Fsp3) is 0.250. The van der Waals surface area contributed by atoms with Crippen molar-refractivity contribution in [2.24, 2.45) is 16.5 Å². The summed E-state index contributed by atoms with van der Waals surface area (Å²) in [5.74, 6) is -0.841. The van der Waals surface area contributed by atoms with Crippen molar-refractivity contribution in [1.29, 1.82) is 0 Å². The first-order valence-electron chi connectivity index (χ1n) is 2.15. The summed E-state index contributed by atoms with van der Waals surface area (Å²) in [6, 6.07) is 0.